The highest BCUT2D eigenvalue weighted by molar-refractivity contribution is 5.94. The van der Waals surface area contributed by atoms with Crippen LogP contribution in [0.1, 0.15) is 23.8 Å². The highest BCUT2D eigenvalue weighted by atomic mass is 16.1. The highest BCUT2D eigenvalue weighted by Gasteiger charge is 2.13. The SMILES string of the molecule is CC(C#N)CC(=O)c1cncn1C. The van der Waals surface area contributed by atoms with Crippen LogP contribution in [0.15, 0.2) is 12.5 Å². The van der Waals surface area contributed by atoms with Gasteiger partial charge in [-0.2, -0.15) is 5.26 Å². The van der Waals surface area contributed by atoms with Gasteiger partial charge in [-0.1, -0.05) is 0 Å². The summed E-state index contributed by atoms with van der Waals surface area (Å²) in [4.78, 5) is 15.3. The summed E-state index contributed by atoms with van der Waals surface area (Å²) in [5.41, 5.74) is 0.558. The van der Waals surface area contributed by atoms with E-state index in [1.807, 2.05) is 6.07 Å². The van der Waals surface area contributed by atoms with E-state index in [0.29, 0.717) is 5.69 Å². The molecule has 1 unspecified atom stereocenters. The standard InChI is InChI=1S/C9H11N3O/c1-7(4-10)3-9(13)8-5-11-6-12(8)2/h5-7H,3H2,1-2H3. The first-order valence-electron chi connectivity index (χ1n) is 4.04. The van der Waals surface area contributed by atoms with E-state index in [9.17, 15) is 4.79 Å². The molecule has 0 aliphatic rings. The van der Waals surface area contributed by atoms with Crippen molar-refractivity contribution in [3.8, 4) is 6.07 Å². The van der Waals surface area contributed by atoms with Gasteiger partial charge >= 0.3 is 0 Å². The number of hydrogen-bond acceptors (Lipinski definition) is 3. The molecule has 0 saturated heterocycles. The largest absolute Gasteiger partial charge is 0.331 e. The molecule has 0 amide bonds. The molecule has 4 heteroatoms. The lowest BCUT2D eigenvalue weighted by atomic mass is 10.1. The maximum atomic E-state index is 11.5. The lowest BCUT2D eigenvalue weighted by molar-refractivity contribution is 0.0965. The number of hydrogen-bond donors (Lipinski definition) is 0. The number of nitriles is 1. The van der Waals surface area contributed by atoms with E-state index in [1.165, 1.54) is 6.20 Å². The maximum absolute atomic E-state index is 11.5. The molecule has 1 aromatic heterocycles. The Hall–Kier alpha value is -1.63. The van der Waals surface area contributed by atoms with Crippen LogP contribution in [-0.2, 0) is 7.05 Å². The fraction of sp³-hybridized carbons (Fsp3) is 0.444. The predicted octanol–water partition coefficient (Wildman–Crippen LogP) is 1.15. The molecule has 0 N–H and O–H groups in total. The molecule has 0 aliphatic heterocycles. The number of carbonyl (C=O) groups is 1. The minimum atomic E-state index is -0.234. The molecule has 1 aromatic rings. The summed E-state index contributed by atoms with van der Waals surface area (Å²) < 4.78 is 1.66. The molecule has 4 nitrogen and oxygen atoms in total. The van der Waals surface area contributed by atoms with Gasteiger partial charge in [0, 0.05) is 13.5 Å². The molecule has 13 heavy (non-hydrogen) atoms. The van der Waals surface area contributed by atoms with Crippen molar-refractivity contribution < 1.29 is 4.79 Å². The first-order chi connectivity index (χ1) is 6.15. The summed E-state index contributed by atoms with van der Waals surface area (Å²) in [6.07, 6.45) is 3.35. The van der Waals surface area contributed by atoms with Crippen LogP contribution in [0.3, 0.4) is 0 Å². The second kappa shape index (κ2) is 3.85. The number of nitrogens with zero attached hydrogens (tertiary/aromatic N) is 3. The van der Waals surface area contributed by atoms with Crippen LogP contribution in [0.5, 0.6) is 0 Å². The zero-order valence-corrected chi connectivity index (χ0v) is 7.69. The van der Waals surface area contributed by atoms with Crippen LogP contribution in [0.4, 0.5) is 0 Å². The van der Waals surface area contributed by atoms with E-state index >= 15 is 0 Å². The molecular formula is C9H11N3O. The Morgan fingerprint density at radius 2 is 2.54 bits per heavy atom. The molecular weight excluding hydrogens is 166 g/mol. The number of aromatic nitrogens is 2. The van der Waals surface area contributed by atoms with Gasteiger partial charge < -0.3 is 4.57 Å². The average Bonchev–Trinajstić information content (AvgIpc) is 2.51. The number of rotatable bonds is 3. The molecule has 0 fully saturated rings. The second-order valence-electron chi connectivity index (χ2n) is 3.05. The third-order valence-electron chi connectivity index (χ3n) is 1.81. The topological polar surface area (TPSA) is 58.7 Å². The Bertz CT molecular complexity index is 348. The molecule has 1 rings (SSSR count). The molecule has 0 radical (unpaired) electrons. The predicted molar refractivity (Wildman–Crippen MR) is 46.9 cm³/mol. The maximum Gasteiger partial charge on any atom is 0.182 e. The Morgan fingerprint density at radius 3 is 3.00 bits per heavy atom. The third-order valence-corrected chi connectivity index (χ3v) is 1.81. The van der Waals surface area contributed by atoms with E-state index in [0.717, 1.165) is 0 Å². The Kier molecular flexibility index (Phi) is 2.80. The molecule has 0 saturated carbocycles. The van der Waals surface area contributed by atoms with Crippen molar-refractivity contribution in [1.82, 2.24) is 9.55 Å². The molecule has 0 aliphatic carbocycles. The summed E-state index contributed by atoms with van der Waals surface area (Å²) in [6.45, 7) is 1.73. The van der Waals surface area contributed by atoms with Gasteiger partial charge in [-0.05, 0) is 6.92 Å². The quantitative estimate of drug-likeness (QED) is 0.651. The zero-order chi connectivity index (χ0) is 9.84. The van der Waals surface area contributed by atoms with Crippen molar-refractivity contribution in [2.75, 3.05) is 0 Å². The smallest absolute Gasteiger partial charge is 0.182 e. The average molecular weight is 177 g/mol. The molecule has 1 heterocycles. The van der Waals surface area contributed by atoms with Crippen LogP contribution < -0.4 is 0 Å². The molecule has 1 atom stereocenters. The Balaban J connectivity index is 2.71. The van der Waals surface area contributed by atoms with Gasteiger partial charge in [0.25, 0.3) is 0 Å². The first-order valence-corrected chi connectivity index (χ1v) is 4.04. The normalized spacial score (nSPS) is 12.1. The lowest BCUT2D eigenvalue weighted by Crippen LogP contribution is -2.08. The van der Waals surface area contributed by atoms with Crippen LogP contribution in [0.2, 0.25) is 0 Å². The van der Waals surface area contributed by atoms with Crippen LogP contribution in [0, 0.1) is 17.2 Å². The fourth-order valence-electron chi connectivity index (χ4n) is 1.05. The van der Waals surface area contributed by atoms with E-state index in [1.54, 1.807) is 24.9 Å². The molecule has 68 valence electrons. The van der Waals surface area contributed by atoms with Gasteiger partial charge in [-0.25, -0.2) is 4.98 Å². The third kappa shape index (κ3) is 2.15. The van der Waals surface area contributed by atoms with Gasteiger partial charge in [0.2, 0.25) is 0 Å². The summed E-state index contributed by atoms with van der Waals surface area (Å²) in [5.74, 6) is -0.267. The summed E-state index contributed by atoms with van der Waals surface area (Å²) in [6, 6.07) is 2.03. The zero-order valence-electron chi connectivity index (χ0n) is 7.69. The summed E-state index contributed by atoms with van der Waals surface area (Å²) in [7, 11) is 1.76. The second-order valence-corrected chi connectivity index (χ2v) is 3.05. The number of ketones is 1. The summed E-state index contributed by atoms with van der Waals surface area (Å²) >= 11 is 0. The number of carbonyl (C=O) groups excluding carboxylic acids is 1. The van der Waals surface area contributed by atoms with Crippen molar-refractivity contribution in [2.45, 2.75) is 13.3 Å². The van der Waals surface area contributed by atoms with Crippen molar-refractivity contribution in [3.05, 3.63) is 18.2 Å². The van der Waals surface area contributed by atoms with Crippen molar-refractivity contribution in [2.24, 2.45) is 13.0 Å². The Morgan fingerprint density at radius 1 is 1.85 bits per heavy atom. The number of imidazole rings is 1. The van der Waals surface area contributed by atoms with Gasteiger partial charge in [0.15, 0.2) is 5.78 Å². The van der Waals surface area contributed by atoms with Crippen molar-refractivity contribution in [3.63, 3.8) is 0 Å². The monoisotopic (exact) mass is 177 g/mol. The first kappa shape index (κ1) is 9.46. The number of Topliss-reactive ketones (excluding diaryl/α,β-unsaturated/α-hetero) is 1. The van der Waals surface area contributed by atoms with Gasteiger partial charge in [0.05, 0.1) is 24.5 Å². The van der Waals surface area contributed by atoms with Crippen LogP contribution in [-0.4, -0.2) is 15.3 Å². The lowest BCUT2D eigenvalue weighted by Gasteiger charge is -2.01. The van der Waals surface area contributed by atoms with E-state index in [-0.39, 0.29) is 18.1 Å². The van der Waals surface area contributed by atoms with Crippen LogP contribution in [0.25, 0.3) is 0 Å². The van der Waals surface area contributed by atoms with Gasteiger partial charge in [-0.15, -0.1) is 0 Å². The Labute approximate surface area is 76.8 Å². The highest BCUT2D eigenvalue weighted by Crippen LogP contribution is 2.07. The van der Waals surface area contributed by atoms with Gasteiger partial charge in [0.1, 0.15) is 5.69 Å². The van der Waals surface area contributed by atoms with Gasteiger partial charge in [-0.3, -0.25) is 4.79 Å². The van der Waals surface area contributed by atoms with Crippen molar-refractivity contribution in [1.29, 1.82) is 5.26 Å². The van der Waals surface area contributed by atoms with E-state index in [2.05, 4.69) is 4.98 Å². The van der Waals surface area contributed by atoms with E-state index < -0.39 is 0 Å². The molecule has 0 bridgehead atoms. The van der Waals surface area contributed by atoms with Crippen molar-refractivity contribution >= 4 is 5.78 Å². The summed E-state index contributed by atoms with van der Waals surface area (Å²) in [5, 5.41) is 8.53. The minimum absolute atomic E-state index is 0.0333. The minimum Gasteiger partial charge on any atom is -0.331 e. The van der Waals surface area contributed by atoms with Crippen LogP contribution >= 0.6 is 0 Å². The number of aryl methyl sites for hydroxylation is 1. The fourth-order valence-corrected chi connectivity index (χ4v) is 1.05. The molecule has 0 aromatic carbocycles. The molecule has 0 spiro atoms. The van der Waals surface area contributed by atoms with E-state index in [4.69, 9.17) is 5.26 Å².